The summed E-state index contributed by atoms with van der Waals surface area (Å²) >= 11 is -1.15. The number of amides is 3. The molecule has 0 radical (unpaired) electrons. The molecule has 3 amide bonds. The van der Waals surface area contributed by atoms with Crippen LogP contribution in [0.1, 0.15) is 10.4 Å². The largest absolute Gasteiger partial charge is 0.443 e. The Morgan fingerprint density at radius 1 is 0.939 bits per heavy atom. The fourth-order valence-electron chi connectivity index (χ4n) is 2.30. The molecule has 33 heavy (non-hydrogen) atoms. The molecule has 0 bridgehead atoms. The van der Waals surface area contributed by atoms with Crippen molar-refractivity contribution in [3.8, 4) is 0 Å². The van der Waals surface area contributed by atoms with Crippen molar-refractivity contribution in [2.75, 3.05) is 0 Å². The minimum atomic E-state index is -6.65. The van der Waals surface area contributed by atoms with Gasteiger partial charge in [0, 0.05) is 6.07 Å². The summed E-state index contributed by atoms with van der Waals surface area (Å²) in [5.41, 5.74) is -6.71. The van der Waals surface area contributed by atoms with Crippen LogP contribution in [0.3, 0.4) is 0 Å². The second-order valence-corrected chi connectivity index (χ2v) is 6.90. The first-order chi connectivity index (χ1) is 14.8. The summed E-state index contributed by atoms with van der Waals surface area (Å²) < 4.78 is 157. The molecule has 182 valence electrons. The highest BCUT2D eigenvalue weighted by molar-refractivity contribution is 8.17. The molecule has 0 unspecified atom stereocenters. The molecule has 1 aromatic carbocycles. The minimum absolute atomic E-state index is 0.196. The number of urea groups is 1. The molecule has 2 rings (SSSR count). The number of amidine groups is 1. The maximum Gasteiger partial charge on any atom is 0.443 e. The van der Waals surface area contributed by atoms with E-state index in [0.29, 0.717) is 12.1 Å². The molecule has 18 heteroatoms. The number of hydrogen-bond donors (Lipinski definition) is 2. The number of nitrogens with zero attached hydrogens (tertiary/aromatic N) is 1. The molecule has 5 nitrogen and oxygen atoms in total. The van der Waals surface area contributed by atoms with Gasteiger partial charge in [0.15, 0.2) is 5.17 Å². The lowest BCUT2D eigenvalue weighted by Gasteiger charge is -2.31. The third-order valence-corrected chi connectivity index (χ3v) is 4.75. The average Bonchev–Trinajstić information content (AvgIpc) is 3.00. The summed E-state index contributed by atoms with van der Waals surface area (Å²) in [6.07, 6.45) is -19.6. The fourth-order valence-corrected chi connectivity index (χ4v) is 3.45. The van der Waals surface area contributed by atoms with E-state index in [9.17, 15) is 62.3 Å². The molecule has 0 fully saturated rings. The Bertz CT molecular complexity index is 1030. The van der Waals surface area contributed by atoms with Crippen LogP contribution < -0.4 is 10.6 Å². The van der Waals surface area contributed by atoms with Gasteiger partial charge in [-0.15, -0.1) is 0 Å². The standard InChI is InChI=1S/C15H5F12N3O2S/c16-4-1-2-5(6(17)3-4)9(31)28-10(32)29-11-30-12(14(22,23)24,15(25,26)27)8(33-11)7(18)13(19,20)21/h1-3H,(H2,28,29,30,31,32). The molecule has 0 aliphatic carbocycles. The smallest absolute Gasteiger partial charge is 0.286 e. The van der Waals surface area contributed by atoms with Crippen LogP contribution in [-0.2, 0) is 0 Å². The summed E-state index contributed by atoms with van der Waals surface area (Å²) in [6.45, 7) is 0. The number of thioether (sulfide) groups is 1. The Labute approximate surface area is 177 Å². The van der Waals surface area contributed by atoms with Gasteiger partial charge in [0.05, 0.1) is 10.5 Å². The van der Waals surface area contributed by atoms with Gasteiger partial charge < -0.3 is 0 Å². The zero-order valence-electron chi connectivity index (χ0n) is 14.9. The lowest BCUT2D eigenvalue weighted by atomic mass is 9.97. The third kappa shape index (κ3) is 5.03. The number of rotatable bonds is 1. The van der Waals surface area contributed by atoms with E-state index < -0.39 is 80.9 Å². The topological polar surface area (TPSA) is 70.6 Å². The molecule has 0 saturated carbocycles. The first-order valence-electron chi connectivity index (χ1n) is 7.77. The van der Waals surface area contributed by atoms with Crippen LogP contribution in [-0.4, -0.2) is 41.2 Å². The molecule has 0 spiro atoms. The maximum atomic E-state index is 13.6. The number of carbonyl (C=O) groups is 2. The minimum Gasteiger partial charge on any atom is -0.286 e. The van der Waals surface area contributed by atoms with Crippen LogP contribution in [0.2, 0.25) is 0 Å². The average molecular weight is 519 g/mol. The fraction of sp³-hybridized carbons (Fsp3) is 0.267. The van der Waals surface area contributed by atoms with E-state index in [-0.39, 0.29) is 6.07 Å². The van der Waals surface area contributed by atoms with E-state index in [1.807, 2.05) is 0 Å². The van der Waals surface area contributed by atoms with E-state index in [1.165, 1.54) is 5.32 Å². The van der Waals surface area contributed by atoms with Gasteiger partial charge in [-0.1, -0.05) is 11.8 Å². The normalized spacial score (nSPS) is 18.0. The van der Waals surface area contributed by atoms with Crippen LogP contribution in [0.5, 0.6) is 0 Å². The second-order valence-electron chi connectivity index (χ2n) is 5.90. The van der Waals surface area contributed by atoms with Gasteiger partial charge in [-0.3, -0.25) is 15.4 Å². The third-order valence-electron chi connectivity index (χ3n) is 3.69. The van der Waals surface area contributed by atoms with Crippen molar-refractivity contribution in [1.29, 1.82) is 0 Å². The van der Waals surface area contributed by atoms with Gasteiger partial charge in [0.1, 0.15) is 11.6 Å². The first kappa shape index (κ1) is 26.3. The Morgan fingerprint density at radius 3 is 1.94 bits per heavy atom. The molecule has 2 N–H and O–H groups in total. The summed E-state index contributed by atoms with van der Waals surface area (Å²) in [5, 5.41) is 0.530. The quantitative estimate of drug-likeness (QED) is 0.507. The van der Waals surface area contributed by atoms with E-state index in [0.717, 1.165) is 5.32 Å². The van der Waals surface area contributed by atoms with Crippen LogP contribution in [0, 0.1) is 11.6 Å². The number of carbonyl (C=O) groups excluding carboxylic acids is 2. The number of aliphatic imine (C=N–C) groups is 1. The van der Waals surface area contributed by atoms with Gasteiger partial charge >= 0.3 is 24.6 Å². The first-order valence-corrected chi connectivity index (χ1v) is 8.59. The van der Waals surface area contributed by atoms with Crippen molar-refractivity contribution in [3.05, 3.63) is 46.1 Å². The number of allylic oxidation sites excluding steroid dienone is 1. The van der Waals surface area contributed by atoms with Crippen molar-refractivity contribution < 1.29 is 62.3 Å². The zero-order chi connectivity index (χ0) is 25.6. The molecule has 0 saturated heterocycles. The van der Waals surface area contributed by atoms with E-state index in [1.54, 1.807) is 0 Å². The summed E-state index contributed by atoms with van der Waals surface area (Å²) in [6, 6.07) is -0.693. The van der Waals surface area contributed by atoms with Crippen molar-refractivity contribution in [2.24, 2.45) is 4.99 Å². The Morgan fingerprint density at radius 2 is 1.48 bits per heavy atom. The van der Waals surface area contributed by atoms with Gasteiger partial charge in [0.2, 0.25) is 5.83 Å². The van der Waals surface area contributed by atoms with Crippen LogP contribution >= 0.6 is 11.8 Å². The lowest BCUT2D eigenvalue weighted by molar-refractivity contribution is -0.280. The monoisotopic (exact) mass is 519 g/mol. The number of nitrogens with one attached hydrogen (secondary N) is 2. The number of alkyl halides is 9. The molecule has 1 aliphatic rings. The summed E-state index contributed by atoms with van der Waals surface area (Å²) in [4.78, 5) is 22.5. The molecule has 0 atom stereocenters. The molecular weight excluding hydrogens is 514 g/mol. The Hall–Kier alpha value is -2.92. The Balaban J connectivity index is 2.43. The van der Waals surface area contributed by atoms with Crippen LogP contribution in [0.4, 0.5) is 57.5 Å². The highest BCUT2D eigenvalue weighted by atomic mass is 32.2. The van der Waals surface area contributed by atoms with Gasteiger partial charge in [-0.05, 0) is 12.1 Å². The second kappa shape index (κ2) is 8.45. The van der Waals surface area contributed by atoms with Gasteiger partial charge in [-0.25, -0.2) is 23.0 Å². The maximum absolute atomic E-state index is 13.6. The van der Waals surface area contributed by atoms with Gasteiger partial charge in [0.25, 0.3) is 11.4 Å². The van der Waals surface area contributed by atoms with Crippen molar-refractivity contribution >= 4 is 28.9 Å². The number of benzene rings is 1. The SMILES string of the molecule is O=C(NC(=O)c1ccc(F)cc1F)NC1=NC(C(F)(F)F)(C(F)(F)F)C(=C(F)C(F)(F)F)S1. The molecule has 1 aliphatic heterocycles. The molecule has 1 aromatic rings. The number of halogens is 12. The predicted molar refractivity (Wildman–Crippen MR) is 86.4 cm³/mol. The van der Waals surface area contributed by atoms with E-state index in [4.69, 9.17) is 0 Å². The van der Waals surface area contributed by atoms with E-state index in [2.05, 4.69) is 4.99 Å². The van der Waals surface area contributed by atoms with E-state index >= 15 is 0 Å². The molecule has 1 heterocycles. The molecule has 0 aromatic heterocycles. The summed E-state index contributed by atoms with van der Waals surface area (Å²) in [5.74, 6) is -8.10. The van der Waals surface area contributed by atoms with Crippen molar-refractivity contribution in [3.63, 3.8) is 0 Å². The lowest BCUT2D eigenvalue weighted by Crippen LogP contribution is -2.55. The highest BCUT2D eigenvalue weighted by Gasteiger charge is 2.77. The van der Waals surface area contributed by atoms with Crippen molar-refractivity contribution in [2.45, 2.75) is 24.1 Å². The molecular formula is C15H5F12N3O2S. The zero-order valence-corrected chi connectivity index (χ0v) is 15.8. The number of imide groups is 1. The van der Waals surface area contributed by atoms with Crippen molar-refractivity contribution in [1.82, 2.24) is 10.6 Å². The number of hydrogen-bond acceptors (Lipinski definition) is 4. The Kier molecular flexibility index (Phi) is 6.75. The van der Waals surface area contributed by atoms with Crippen LogP contribution in [0.15, 0.2) is 33.9 Å². The van der Waals surface area contributed by atoms with Gasteiger partial charge in [-0.2, -0.15) is 39.5 Å². The summed E-state index contributed by atoms with van der Waals surface area (Å²) in [7, 11) is 0. The highest BCUT2D eigenvalue weighted by Crippen LogP contribution is 2.59. The van der Waals surface area contributed by atoms with Crippen LogP contribution in [0.25, 0.3) is 0 Å². The predicted octanol–water partition coefficient (Wildman–Crippen LogP) is 5.11.